The second-order valence-electron chi connectivity index (χ2n) is 5.08. The number of aliphatic hydroxyl groups excluding tert-OH is 1. The molecule has 19 heavy (non-hydrogen) atoms. The molecule has 2 N–H and O–H groups in total. The van der Waals surface area contributed by atoms with Gasteiger partial charge in [0.1, 0.15) is 0 Å². The van der Waals surface area contributed by atoms with E-state index >= 15 is 0 Å². The molecule has 0 aromatic rings. The standard InChI is InChI=1S/C13H24N2O4/c1-2-3-5-11(8-14(19)10-17)13(18)15-7-4-6-12(15)9-16/h10-12,16,19H,2-9H2,1H3/t11-,12+/m1/s1. The Hall–Kier alpha value is -1.14. The number of nitrogens with zero attached hydrogens (tertiary/aromatic N) is 2. The van der Waals surface area contributed by atoms with Gasteiger partial charge in [0.25, 0.3) is 0 Å². The third-order valence-corrected chi connectivity index (χ3v) is 3.66. The number of amides is 2. The third-order valence-electron chi connectivity index (χ3n) is 3.66. The van der Waals surface area contributed by atoms with Crippen LogP contribution in [0.5, 0.6) is 0 Å². The average Bonchev–Trinajstić information content (AvgIpc) is 2.90. The molecule has 0 radical (unpaired) electrons. The lowest BCUT2D eigenvalue weighted by atomic mass is 10.00. The van der Waals surface area contributed by atoms with E-state index in [0.29, 0.717) is 24.4 Å². The zero-order valence-corrected chi connectivity index (χ0v) is 11.5. The van der Waals surface area contributed by atoms with Gasteiger partial charge >= 0.3 is 0 Å². The van der Waals surface area contributed by atoms with Gasteiger partial charge in [-0.2, -0.15) is 0 Å². The minimum Gasteiger partial charge on any atom is -0.394 e. The molecule has 0 unspecified atom stereocenters. The molecule has 0 saturated carbocycles. The van der Waals surface area contributed by atoms with Crippen molar-refractivity contribution in [3.05, 3.63) is 0 Å². The Labute approximate surface area is 113 Å². The summed E-state index contributed by atoms with van der Waals surface area (Å²) in [6, 6.07) is -0.111. The molecule has 0 aliphatic carbocycles. The molecule has 6 heteroatoms. The van der Waals surface area contributed by atoms with E-state index in [1.807, 2.05) is 6.92 Å². The van der Waals surface area contributed by atoms with Crippen LogP contribution in [0.15, 0.2) is 0 Å². The van der Waals surface area contributed by atoms with Crippen LogP contribution in [0.1, 0.15) is 39.0 Å². The quantitative estimate of drug-likeness (QED) is 0.386. The highest BCUT2D eigenvalue weighted by atomic mass is 16.5. The largest absolute Gasteiger partial charge is 0.394 e. The minimum absolute atomic E-state index is 0.0248. The van der Waals surface area contributed by atoms with E-state index in [2.05, 4.69) is 0 Å². The number of carbonyl (C=O) groups is 2. The molecule has 1 rings (SSSR count). The van der Waals surface area contributed by atoms with Gasteiger partial charge in [-0.15, -0.1) is 0 Å². The number of hydrogen-bond donors (Lipinski definition) is 2. The molecule has 0 aromatic carbocycles. The summed E-state index contributed by atoms with van der Waals surface area (Å²) in [5.74, 6) is -0.451. The molecule has 0 spiro atoms. The molecular weight excluding hydrogens is 248 g/mol. The fourth-order valence-corrected chi connectivity index (χ4v) is 2.56. The van der Waals surface area contributed by atoms with Crippen molar-refractivity contribution in [2.24, 2.45) is 5.92 Å². The van der Waals surface area contributed by atoms with Crippen LogP contribution in [0.25, 0.3) is 0 Å². The summed E-state index contributed by atoms with van der Waals surface area (Å²) < 4.78 is 0. The Morgan fingerprint density at radius 1 is 1.58 bits per heavy atom. The maximum absolute atomic E-state index is 12.4. The Bertz CT molecular complexity index is 298. The lowest BCUT2D eigenvalue weighted by molar-refractivity contribution is -0.157. The normalized spacial score (nSPS) is 20.4. The number of unbranched alkanes of at least 4 members (excludes halogenated alkanes) is 1. The Morgan fingerprint density at radius 3 is 2.89 bits per heavy atom. The van der Waals surface area contributed by atoms with Gasteiger partial charge in [0.15, 0.2) is 0 Å². The Morgan fingerprint density at radius 2 is 2.32 bits per heavy atom. The van der Waals surface area contributed by atoms with Crippen LogP contribution in [0.2, 0.25) is 0 Å². The van der Waals surface area contributed by atoms with Crippen molar-refractivity contribution in [2.75, 3.05) is 19.7 Å². The van der Waals surface area contributed by atoms with Gasteiger partial charge in [-0.1, -0.05) is 19.8 Å². The van der Waals surface area contributed by atoms with Crippen LogP contribution in [0, 0.1) is 5.92 Å². The number of hydroxylamine groups is 2. The van der Waals surface area contributed by atoms with E-state index in [4.69, 9.17) is 0 Å². The van der Waals surface area contributed by atoms with Crippen molar-refractivity contribution in [3.63, 3.8) is 0 Å². The molecule has 110 valence electrons. The second-order valence-corrected chi connectivity index (χ2v) is 5.08. The van der Waals surface area contributed by atoms with Crippen molar-refractivity contribution in [1.82, 2.24) is 9.96 Å². The fourth-order valence-electron chi connectivity index (χ4n) is 2.56. The molecule has 1 aliphatic heterocycles. The molecule has 2 amide bonds. The van der Waals surface area contributed by atoms with Crippen LogP contribution >= 0.6 is 0 Å². The van der Waals surface area contributed by atoms with Gasteiger partial charge in [-0.3, -0.25) is 14.8 Å². The number of rotatable bonds is 8. The minimum atomic E-state index is -0.387. The second kappa shape index (κ2) is 8.12. The molecule has 2 atom stereocenters. The summed E-state index contributed by atoms with van der Waals surface area (Å²) >= 11 is 0. The van der Waals surface area contributed by atoms with Gasteiger partial charge in [-0.05, 0) is 19.3 Å². The zero-order valence-electron chi connectivity index (χ0n) is 11.5. The van der Waals surface area contributed by atoms with Crippen LogP contribution in [-0.4, -0.2) is 58.3 Å². The topological polar surface area (TPSA) is 81.1 Å². The van der Waals surface area contributed by atoms with E-state index in [1.54, 1.807) is 4.90 Å². The first-order valence-corrected chi connectivity index (χ1v) is 6.96. The van der Waals surface area contributed by atoms with Crippen LogP contribution in [-0.2, 0) is 9.59 Å². The van der Waals surface area contributed by atoms with E-state index in [9.17, 15) is 19.9 Å². The smallest absolute Gasteiger partial charge is 0.233 e. The predicted octanol–water partition coefficient (Wildman–Crippen LogP) is 0.624. The van der Waals surface area contributed by atoms with Gasteiger partial charge in [0.05, 0.1) is 25.1 Å². The highest BCUT2D eigenvalue weighted by Gasteiger charge is 2.33. The van der Waals surface area contributed by atoms with Crippen molar-refractivity contribution < 1.29 is 19.9 Å². The molecule has 1 aliphatic rings. The predicted molar refractivity (Wildman–Crippen MR) is 69.4 cm³/mol. The molecule has 0 aromatic heterocycles. The lowest BCUT2D eigenvalue weighted by Gasteiger charge is -2.28. The molecule has 6 nitrogen and oxygen atoms in total. The number of hydrogen-bond acceptors (Lipinski definition) is 4. The van der Waals surface area contributed by atoms with Crippen molar-refractivity contribution in [2.45, 2.75) is 45.1 Å². The third kappa shape index (κ3) is 4.47. The summed E-state index contributed by atoms with van der Waals surface area (Å²) in [7, 11) is 0. The molecule has 1 heterocycles. The lowest BCUT2D eigenvalue weighted by Crippen LogP contribution is -2.44. The molecular formula is C13H24N2O4. The Kier molecular flexibility index (Phi) is 6.80. The molecule has 0 bridgehead atoms. The van der Waals surface area contributed by atoms with Crippen LogP contribution in [0.4, 0.5) is 0 Å². The SMILES string of the molecule is CCCC[C@H](CN(O)C=O)C(=O)N1CCC[C@H]1CO. The van der Waals surface area contributed by atoms with Gasteiger partial charge < -0.3 is 10.0 Å². The Balaban J connectivity index is 2.66. The van der Waals surface area contributed by atoms with Crippen molar-refractivity contribution in [3.8, 4) is 0 Å². The van der Waals surface area contributed by atoms with Gasteiger partial charge in [0.2, 0.25) is 12.3 Å². The molecule has 1 fully saturated rings. The first-order valence-electron chi connectivity index (χ1n) is 6.96. The number of likely N-dealkylation sites (tertiary alicyclic amines) is 1. The van der Waals surface area contributed by atoms with Crippen molar-refractivity contribution in [1.29, 1.82) is 0 Å². The van der Waals surface area contributed by atoms with Crippen LogP contribution < -0.4 is 0 Å². The van der Waals surface area contributed by atoms with Crippen LogP contribution in [0.3, 0.4) is 0 Å². The van der Waals surface area contributed by atoms with Gasteiger partial charge in [0, 0.05) is 6.54 Å². The summed E-state index contributed by atoms with van der Waals surface area (Å²) in [6.45, 7) is 2.68. The number of carbonyl (C=O) groups excluding carboxylic acids is 2. The van der Waals surface area contributed by atoms with Gasteiger partial charge in [-0.25, -0.2) is 5.06 Å². The van der Waals surface area contributed by atoms with E-state index in [0.717, 1.165) is 25.7 Å². The summed E-state index contributed by atoms with van der Waals surface area (Å²) in [4.78, 5) is 24.6. The zero-order chi connectivity index (χ0) is 14.3. The molecule has 1 saturated heterocycles. The highest BCUT2D eigenvalue weighted by molar-refractivity contribution is 5.80. The summed E-state index contributed by atoms with van der Waals surface area (Å²) in [6.07, 6.45) is 4.52. The highest BCUT2D eigenvalue weighted by Crippen LogP contribution is 2.22. The summed E-state index contributed by atoms with van der Waals surface area (Å²) in [5.41, 5.74) is 0. The number of aliphatic hydroxyl groups is 1. The van der Waals surface area contributed by atoms with E-state index in [-0.39, 0.29) is 31.0 Å². The first kappa shape index (κ1) is 15.9. The van der Waals surface area contributed by atoms with E-state index < -0.39 is 0 Å². The van der Waals surface area contributed by atoms with Crippen molar-refractivity contribution >= 4 is 12.3 Å². The maximum Gasteiger partial charge on any atom is 0.233 e. The maximum atomic E-state index is 12.4. The monoisotopic (exact) mass is 272 g/mol. The average molecular weight is 272 g/mol. The summed E-state index contributed by atoms with van der Waals surface area (Å²) in [5, 5.41) is 19.1. The van der Waals surface area contributed by atoms with E-state index in [1.165, 1.54) is 0 Å². The first-order chi connectivity index (χ1) is 9.13. The fraction of sp³-hybridized carbons (Fsp3) is 0.846.